The molecule has 1 saturated heterocycles. The number of aromatic nitrogens is 3. The Labute approximate surface area is 172 Å². The molecule has 2 amide bonds. The van der Waals surface area contributed by atoms with Gasteiger partial charge in [-0.1, -0.05) is 18.2 Å². The number of likely N-dealkylation sites (tertiary alicyclic amines) is 1. The summed E-state index contributed by atoms with van der Waals surface area (Å²) in [5, 5.41) is 10.2. The Morgan fingerprint density at radius 1 is 1.38 bits per heavy atom. The van der Waals surface area contributed by atoms with E-state index in [0.717, 1.165) is 27.5 Å². The van der Waals surface area contributed by atoms with Crippen molar-refractivity contribution < 1.29 is 9.59 Å². The number of amides is 2. The lowest BCUT2D eigenvalue weighted by molar-refractivity contribution is -0.132. The summed E-state index contributed by atoms with van der Waals surface area (Å²) in [6.45, 7) is 2.45. The molecule has 2 aliphatic heterocycles. The van der Waals surface area contributed by atoms with Gasteiger partial charge < -0.3 is 10.2 Å². The number of fused-ring (bicyclic) bond motifs is 2. The van der Waals surface area contributed by atoms with Gasteiger partial charge in [0.05, 0.1) is 29.4 Å². The quantitative estimate of drug-likeness (QED) is 0.724. The van der Waals surface area contributed by atoms with Crippen molar-refractivity contribution >= 4 is 28.8 Å². The van der Waals surface area contributed by atoms with Crippen molar-refractivity contribution in [3.8, 4) is 0 Å². The summed E-state index contributed by atoms with van der Waals surface area (Å²) < 4.78 is 1.71. The summed E-state index contributed by atoms with van der Waals surface area (Å²) in [6.07, 6.45) is 4.48. The molecule has 7 nitrogen and oxygen atoms in total. The molecule has 4 heterocycles. The maximum Gasteiger partial charge on any atom is 0.237 e. The number of hydrogen-bond donors (Lipinski definition) is 1. The molecule has 0 bridgehead atoms. The van der Waals surface area contributed by atoms with Crippen molar-refractivity contribution in [3.63, 3.8) is 0 Å². The van der Waals surface area contributed by atoms with E-state index in [-0.39, 0.29) is 18.2 Å². The third kappa shape index (κ3) is 2.70. The van der Waals surface area contributed by atoms with E-state index in [1.54, 1.807) is 22.2 Å². The van der Waals surface area contributed by atoms with Crippen LogP contribution in [0.4, 0.5) is 5.69 Å². The van der Waals surface area contributed by atoms with E-state index < -0.39 is 11.5 Å². The van der Waals surface area contributed by atoms with Crippen LogP contribution in [-0.2, 0) is 28.5 Å². The van der Waals surface area contributed by atoms with Gasteiger partial charge in [-0.3, -0.25) is 14.3 Å². The Kier molecular flexibility index (Phi) is 4.06. The van der Waals surface area contributed by atoms with Crippen LogP contribution in [0.25, 0.3) is 0 Å². The maximum atomic E-state index is 13.3. The van der Waals surface area contributed by atoms with Gasteiger partial charge in [-0.05, 0) is 25.0 Å². The van der Waals surface area contributed by atoms with Crippen LogP contribution in [0.5, 0.6) is 0 Å². The highest BCUT2D eigenvalue weighted by Gasteiger charge is 2.59. The zero-order valence-corrected chi connectivity index (χ0v) is 17.1. The lowest BCUT2D eigenvalue weighted by Crippen LogP contribution is -2.43. The first-order chi connectivity index (χ1) is 14.0. The highest BCUT2D eigenvalue weighted by Crippen LogP contribution is 2.54. The zero-order chi connectivity index (χ0) is 20.2. The van der Waals surface area contributed by atoms with Crippen LogP contribution >= 0.6 is 11.3 Å². The molecule has 1 N–H and O–H groups in total. The molecule has 1 fully saturated rings. The summed E-state index contributed by atoms with van der Waals surface area (Å²) in [5.41, 5.74) is 2.64. The van der Waals surface area contributed by atoms with Crippen LogP contribution in [0.2, 0.25) is 0 Å². The van der Waals surface area contributed by atoms with Gasteiger partial charge in [-0.15, -0.1) is 11.3 Å². The molecule has 2 atom stereocenters. The van der Waals surface area contributed by atoms with E-state index in [1.165, 1.54) is 0 Å². The van der Waals surface area contributed by atoms with Crippen LogP contribution in [0.3, 0.4) is 0 Å². The van der Waals surface area contributed by atoms with Gasteiger partial charge in [0, 0.05) is 36.4 Å². The van der Waals surface area contributed by atoms with Crippen molar-refractivity contribution in [2.75, 3.05) is 11.9 Å². The lowest BCUT2D eigenvalue weighted by Gasteiger charge is -2.33. The van der Waals surface area contributed by atoms with E-state index in [0.29, 0.717) is 13.0 Å². The summed E-state index contributed by atoms with van der Waals surface area (Å²) in [6, 6.07) is 7.38. The Bertz CT molecular complexity index is 1120. The minimum Gasteiger partial charge on any atom is -0.334 e. The van der Waals surface area contributed by atoms with Crippen molar-refractivity contribution in [2.24, 2.45) is 7.05 Å². The first-order valence-corrected chi connectivity index (χ1v) is 10.5. The van der Waals surface area contributed by atoms with Crippen molar-refractivity contribution in [1.82, 2.24) is 19.7 Å². The number of benzene rings is 1. The Balaban J connectivity index is 1.59. The molecule has 0 saturated carbocycles. The highest BCUT2D eigenvalue weighted by atomic mass is 32.1. The van der Waals surface area contributed by atoms with Gasteiger partial charge in [0.2, 0.25) is 11.8 Å². The number of thiazole rings is 1. The molecule has 8 heteroatoms. The lowest BCUT2D eigenvalue weighted by atomic mass is 9.73. The first kappa shape index (κ1) is 18.1. The van der Waals surface area contributed by atoms with Crippen LogP contribution in [0, 0.1) is 6.92 Å². The smallest absolute Gasteiger partial charge is 0.237 e. The Morgan fingerprint density at radius 3 is 2.93 bits per heavy atom. The van der Waals surface area contributed by atoms with E-state index in [9.17, 15) is 9.59 Å². The molecule has 29 heavy (non-hydrogen) atoms. The first-order valence-electron chi connectivity index (χ1n) is 9.59. The number of hydrogen-bond acceptors (Lipinski definition) is 5. The fourth-order valence-corrected chi connectivity index (χ4v) is 5.36. The van der Waals surface area contributed by atoms with E-state index >= 15 is 0 Å². The molecule has 1 aromatic carbocycles. The number of carbonyl (C=O) groups is 2. The zero-order valence-electron chi connectivity index (χ0n) is 16.3. The minimum atomic E-state index is -0.798. The molecule has 148 valence electrons. The molecular formula is C21H21N5O2S. The van der Waals surface area contributed by atoms with Gasteiger partial charge >= 0.3 is 0 Å². The van der Waals surface area contributed by atoms with Crippen molar-refractivity contribution in [2.45, 2.75) is 31.2 Å². The Morgan fingerprint density at radius 2 is 2.21 bits per heavy atom. The van der Waals surface area contributed by atoms with Gasteiger partial charge in [0.1, 0.15) is 5.41 Å². The van der Waals surface area contributed by atoms with Crippen molar-refractivity contribution in [3.05, 3.63) is 63.9 Å². The molecule has 2 aromatic heterocycles. The normalized spacial score (nSPS) is 22.9. The number of nitrogens with one attached hydrogen (secondary N) is 1. The average Bonchev–Trinajstić information content (AvgIpc) is 3.44. The molecule has 0 aliphatic carbocycles. The fraction of sp³-hybridized carbons (Fsp3) is 0.333. The second-order valence-corrected chi connectivity index (χ2v) is 8.75. The topological polar surface area (TPSA) is 80.1 Å². The largest absolute Gasteiger partial charge is 0.334 e. The number of para-hydroxylation sites is 1. The van der Waals surface area contributed by atoms with Crippen LogP contribution in [0.15, 0.2) is 42.0 Å². The second-order valence-electron chi connectivity index (χ2n) is 7.69. The molecule has 1 spiro atoms. The van der Waals surface area contributed by atoms with E-state index in [1.807, 2.05) is 54.7 Å². The van der Waals surface area contributed by atoms with E-state index in [2.05, 4.69) is 15.4 Å². The summed E-state index contributed by atoms with van der Waals surface area (Å²) >= 11 is 1.54. The van der Waals surface area contributed by atoms with E-state index in [4.69, 9.17) is 0 Å². The van der Waals surface area contributed by atoms with Gasteiger partial charge in [-0.2, -0.15) is 5.10 Å². The van der Waals surface area contributed by atoms with Gasteiger partial charge in [-0.25, -0.2) is 4.98 Å². The third-order valence-corrected chi connectivity index (χ3v) is 6.77. The summed E-state index contributed by atoms with van der Waals surface area (Å²) in [4.78, 5) is 32.9. The van der Waals surface area contributed by atoms with Gasteiger partial charge in [0.25, 0.3) is 0 Å². The molecule has 0 unspecified atom stereocenters. The summed E-state index contributed by atoms with van der Waals surface area (Å²) in [7, 11) is 1.85. The number of rotatable bonds is 3. The molecule has 2 aliphatic rings. The number of carbonyl (C=O) groups excluding carboxylic acids is 2. The maximum absolute atomic E-state index is 13.3. The number of aryl methyl sites for hydroxylation is 2. The molecular weight excluding hydrogens is 386 g/mol. The molecule has 3 aromatic rings. The predicted molar refractivity (Wildman–Crippen MR) is 110 cm³/mol. The second kappa shape index (κ2) is 6.52. The number of anilines is 1. The minimum absolute atomic E-state index is 0.0155. The van der Waals surface area contributed by atoms with Crippen LogP contribution in [0.1, 0.15) is 34.3 Å². The summed E-state index contributed by atoms with van der Waals surface area (Å²) in [5.74, 6) is -0.0643. The average molecular weight is 407 g/mol. The van der Waals surface area contributed by atoms with Crippen LogP contribution in [-0.4, -0.2) is 38.0 Å². The van der Waals surface area contributed by atoms with Crippen LogP contribution < -0.4 is 5.32 Å². The SMILES string of the molecule is Cc1nc(CC(=O)N2CC[C@]3(C(=O)Nc4ccccc43)[C@@H]2c2cnn(C)c2)cs1. The number of nitrogens with zero attached hydrogens (tertiary/aromatic N) is 4. The monoisotopic (exact) mass is 407 g/mol. The van der Waals surface area contributed by atoms with Crippen molar-refractivity contribution in [1.29, 1.82) is 0 Å². The standard InChI is InChI=1S/C21H21N5O2S/c1-13-23-15(12-29-13)9-18(27)26-8-7-21(19(26)14-10-22-25(2)11-14)16-5-3-4-6-17(16)24-20(21)28/h3-6,10-12,19H,7-9H2,1-2H3,(H,24,28)/t19-,21+/m0/s1. The third-order valence-electron chi connectivity index (χ3n) is 5.95. The molecule has 0 radical (unpaired) electrons. The predicted octanol–water partition coefficient (Wildman–Crippen LogP) is 2.59. The highest BCUT2D eigenvalue weighted by molar-refractivity contribution is 7.09. The fourth-order valence-electron chi connectivity index (χ4n) is 4.75. The Hall–Kier alpha value is -3.00. The molecule has 5 rings (SSSR count). The van der Waals surface area contributed by atoms with Gasteiger partial charge in [0.15, 0.2) is 0 Å².